The van der Waals surface area contributed by atoms with Crippen molar-refractivity contribution in [3.05, 3.63) is 39.1 Å². The fourth-order valence-electron chi connectivity index (χ4n) is 2.06. The average Bonchev–Trinajstić information content (AvgIpc) is 2.98. The highest BCUT2D eigenvalue weighted by molar-refractivity contribution is 9.10. The minimum Gasteiger partial charge on any atom is -0.347 e. The van der Waals surface area contributed by atoms with Gasteiger partial charge in [0.2, 0.25) is 5.91 Å². The van der Waals surface area contributed by atoms with Gasteiger partial charge in [-0.25, -0.2) is 4.98 Å². The lowest BCUT2D eigenvalue weighted by molar-refractivity contribution is -0.125. The van der Waals surface area contributed by atoms with Crippen LogP contribution in [0.25, 0.3) is 11.3 Å². The summed E-state index contributed by atoms with van der Waals surface area (Å²) in [5.41, 5.74) is 2.02. The number of thiazole rings is 1. The van der Waals surface area contributed by atoms with Gasteiger partial charge in [0, 0.05) is 27.9 Å². The molecule has 126 valence electrons. The molecule has 1 aromatic carbocycles. The Kier molecular flexibility index (Phi) is 8.19. The maximum Gasteiger partial charge on any atom is 0.224 e. The third kappa shape index (κ3) is 5.57. The van der Waals surface area contributed by atoms with Crippen LogP contribution >= 0.6 is 39.7 Å². The number of amides is 1. The van der Waals surface area contributed by atoms with Crippen LogP contribution in [0.3, 0.4) is 0 Å². The average molecular weight is 419 g/mol. The van der Waals surface area contributed by atoms with Gasteiger partial charge in [0.05, 0.1) is 11.7 Å². The van der Waals surface area contributed by atoms with Gasteiger partial charge < -0.3 is 10.6 Å². The number of nitrogens with zero attached hydrogens (tertiary/aromatic N) is 1. The van der Waals surface area contributed by atoms with Crippen LogP contribution in [0.4, 0.5) is 0 Å². The summed E-state index contributed by atoms with van der Waals surface area (Å²) >= 11 is 5.00. The van der Waals surface area contributed by atoms with E-state index in [1.165, 1.54) is 0 Å². The molecule has 0 radical (unpaired) electrons. The molecule has 1 amide bonds. The number of hydrogen-bond donors (Lipinski definition) is 2. The van der Waals surface area contributed by atoms with E-state index < -0.39 is 0 Å². The molecule has 23 heavy (non-hydrogen) atoms. The zero-order chi connectivity index (χ0) is 16.1. The number of halogens is 2. The van der Waals surface area contributed by atoms with E-state index in [0.717, 1.165) is 20.7 Å². The molecule has 0 aliphatic heterocycles. The van der Waals surface area contributed by atoms with Gasteiger partial charge in [-0.2, -0.15) is 0 Å². The second-order valence-electron chi connectivity index (χ2n) is 5.27. The summed E-state index contributed by atoms with van der Waals surface area (Å²) in [6.07, 6.45) is 0. The van der Waals surface area contributed by atoms with Crippen LogP contribution in [-0.2, 0) is 4.79 Å². The topological polar surface area (TPSA) is 54.0 Å². The van der Waals surface area contributed by atoms with E-state index in [1.807, 2.05) is 50.5 Å². The number of benzene rings is 1. The molecule has 0 fully saturated rings. The first kappa shape index (κ1) is 20.1. The lowest BCUT2D eigenvalue weighted by Crippen LogP contribution is -2.35. The van der Waals surface area contributed by atoms with E-state index in [0.29, 0.717) is 6.54 Å². The molecule has 0 aliphatic rings. The highest BCUT2D eigenvalue weighted by atomic mass is 79.9. The molecule has 2 unspecified atom stereocenters. The number of aromatic nitrogens is 1. The summed E-state index contributed by atoms with van der Waals surface area (Å²) < 4.78 is 1.05. The molecular formula is C16H21BrClN3OS. The SMILES string of the molecule is CNCC(C)C(=O)NC(C)c1nc(-c2ccc(Br)cc2)cs1.Cl. The van der Waals surface area contributed by atoms with E-state index in [2.05, 4.69) is 31.5 Å². The smallest absolute Gasteiger partial charge is 0.224 e. The fraction of sp³-hybridized carbons (Fsp3) is 0.375. The molecule has 0 spiro atoms. The minimum absolute atomic E-state index is 0. The lowest BCUT2D eigenvalue weighted by Gasteiger charge is -2.15. The van der Waals surface area contributed by atoms with Crippen LogP contribution in [0.5, 0.6) is 0 Å². The Balaban J connectivity index is 0.00000264. The lowest BCUT2D eigenvalue weighted by atomic mass is 10.1. The molecule has 1 heterocycles. The molecule has 1 aromatic heterocycles. The summed E-state index contributed by atoms with van der Waals surface area (Å²) in [5, 5.41) is 8.98. The summed E-state index contributed by atoms with van der Waals surface area (Å²) in [6.45, 7) is 4.54. The Bertz CT molecular complexity index is 633. The standard InChI is InChI=1S/C16H20BrN3OS.ClH/c1-10(8-18-3)15(21)19-11(2)16-20-14(9-22-16)12-4-6-13(17)7-5-12;/h4-7,9-11,18H,8H2,1-3H3,(H,19,21);1H. The molecule has 7 heteroatoms. The van der Waals surface area contributed by atoms with E-state index >= 15 is 0 Å². The van der Waals surface area contributed by atoms with Crippen LogP contribution in [0.1, 0.15) is 24.9 Å². The quantitative estimate of drug-likeness (QED) is 0.745. The van der Waals surface area contributed by atoms with Crippen LogP contribution in [0.2, 0.25) is 0 Å². The maximum absolute atomic E-state index is 12.1. The van der Waals surface area contributed by atoms with Crippen LogP contribution < -0.4 is 10.6 Å². The monoisotopic (exact) mass is 417 g/mol. The molecular weight excluding hydrogens is 398 g/mol. The van der Waals surface area contributed by atoms with E-state index in [9.17, 15) is 4.79 Å². The van der Waals surface area contributed by atoms with Crippen LogP contribution in [0, 0.1) is 5.92 Å². The zero-order valence-electron chi connectivity index (χ0n) is 13.3. The number of hydrogen-bond acceptors (Lipinski definition) is 4. The van der Waals surface area contributed by atoms with Crippen molar-refractivity contribution in [1.82, 2.24) is 15.6 Å². The predicted octanol–water partition coefficient (Wildman–Crippen LogP) is 4.03. The van der Waals surface area contributed by atoms with Crippen molar-refractivity contribution in [2.24, 2.45) is 5.92 Å². The van der Waals surface area contributed by atoms with Gasteiger partial charge in [-0.15, -0.1) is 23.7 Å². The Morgan fingerprint density at radius 3 is 2.57 bits per heavy atom. The van der Waals surface area contributed by atoms with Crippen molar-refractivity contribution >= 4 is 45.6 Å². The first-order valence-corrected chi connectivity index (χ1v) is 8.85. The molecule has 0 bridgehead atoms. The Labute approximate surface area is 155 Å². The van der Waals surface area contributed by atoms with Crippen molar-refractivity contribution in [3.8, 4) is 11.3 Å². The van der Waals surface area contributed by atoms with Gasteiger partial charge in [-0.3, -0.25) is 4.79 Å². The second kappa shape index (κ2) is 9.37. The van der Waals surface area contributed by atoms with Gasteiger partial charge in [0.25, 0.3) is 0 Å². The fourth-order valence-corrected chi connectivity index (χ4v) is 3.16. The minimum atomic E-state index is -0.0824. The van der Waals surface area contributed by atoms with Gasteiger partial charge >= 0.3 is 0 Å². The summed E-state index contributed by atoms with van der Waals surface area (Å²) in [7, 11) is 1.85. The number of rotatable bonds is 6. The van der Waals surface area contributed by atoms with Crippen molar-refractivity contribution in [2.75, 3.05) is 13.6 Å². The van der Waals surface area contributed by atoms with Crippen molar-refractivity contribution in [2.45, 2.75) is 19.9 Å². The van der Waals surface area contributed by atoms with Gasteiger partial charge in [-0.1, -0.05) is 35.0 Å². The summed E-state index contributed by atoms with van der Waals surface area (Å²) in [6, 6.07) is 7.97. The first-order chi connectivity index (χ1) is 10.5. The third-order valence-electron chi connectivity index (χ3n) is 3.35. The normalized spacial score (nSPS) is 13.0. The Hall–Kier alpha value is -0.950. The van der Waals surface area contributed by atoms with Crippen molar-refractivity contribution in [3.63, 3.8) is 0 Å². The highest BCUT2D eigenvalue weighted by Gasteiger charge is 2.17. The second-order valence-corrected chi connectivity index (χ2v) is 7.07. The van der Waals surface area contributed by atoms with Crippen LogP contribution in [0.15, 0.2) is 34.1 Å². The number of nitrogens with one attached hydrogen (secondary N) is 2. The molecule has 0 saturated heterocycles. The maximum atomic E-state index is 12.1. The molecule has 0 aliphatic carbocycles. The molecule has 2 aromatic rings. The highest BCUT2D eigenvalue weighted by Crippen LogP contribution is 2.26. The summed E-state index contributed by atoms with van der Waals surface area (Å²) in [5.74, 6) is -0.0133. The van der Waals surface area contributed by atoms with Gasteiger partial charge in [-0.05, 0) is 26.1 Å². The van der Waals surface area contributed by atoms with E-state index in [-0.39, 0.29) is 30.3 Å². The largest absolute Gasteiger partial charge is 0.347 e. The van der Waals surface area contributed by atoms with Crippen LogP contribution in [-0.4, -0.2) is 24.5 Å². The van der Waals surface area contributed by atoms with E-state index in [4.69, 9.17) is 0 Å². The molecule has 4 nitrogen and oxygen atoms in total. The molecule has 2 rings (SSSR count). The van der Waals surface area contributed by atoms with E-state index in [1.54, 1.807) is 11.3 Å². The summed E-state index contributed by atoms with van der Waals surface area (Å²) in [4.78, 5) is 16.7. The molecule has 2 atom stereocenters. The van der Waals surface area contributed by atoms with Gasteiger partial charge in [0.15, 0.2) is 0 Å². The van der Waals surface area contributed by atoms with Gasteiger partial charge in [0.1, 0.15) is 5.01 Å². The predicted molar refractivity (Wildman–Crippen MR) is 102 cm³/mol. The zero-order valence-corrected chi connectivity index (χ0v) is 16.5. The van der Waals surface area contributed by atoms with Crippen molar-refractivity contribution < 1.29 is 4.79 Å². The third-order valence-corrected chi connectivity index (χ3v) is 4.91. The number of carbonyl (C=O) groups is 1. The molecule has 2 N–H and O–H groups in total. The first-order valence-electron chi connectivity index (χ1n) is 7.17. The molecule has 0 saturated carbocycles. The Morgan fingerprint density at radius 1 is 1.30 bits per heavy atom. The van der Waals surface area contributed by atoms with Crippen molar-refractivity contribution in [1.29, 1.82) is 0 Å². The number of carbonyl (C=O) groups excluding carboxylic acids is 1. The Morgan fingerprint density at radius 2 is 1.96 bits per heavy atom.